The number of allylic oxidation sites excluding steroid dienone is 1. The predicted molar refractivity (Wildman–Crippen MR) is 122 cm³/mol. The van der Waals surface area contributed by atoms with Crippen LogP contribution >= 0.6 is 0 Å². The largest absolute Gasteiger partial charge is 0.457 e. The molecule has 0 aromatic rings. The lowest BCUT2D eigenvalue weighted by Gasteiger charge is -2.35. The first kappa shape index (κ1) is 29.3. The van der Waals surface area contributed by atoms with Gasteiger partial charge in [0.15, 0.2) is 0 Å². The van der Waals surface area contributed by atoms with Crippen LogP contribution in [0.4, 0.5) is 4.39 Å². The number of rotatable bonds is 6. The molecule has 180 valence electrons. The number of carbonyl (C=O) groups excluding carboxylic acids is 2. The molecule has 2 rings (SSSR count). The molecule has 0 atom stereocenters. The summed E-state index contributed by atoms with van der Waals surface area (Å²) in [7, 11) is 0. The molecule has 2 aliphatic rings. The molecule has 0 unspecified atom stereocenters. The van der Waals surface area contributed by atoms with E-state index in [0.717, 1.165) is 25.7 Å². The van der Waals surface area contributed by atoms with E-state index in [2.05, 4.69) is 0 Å². The summed E-state index contributed by atoms with van der Waals surface area (Å²) in [6.45, 7) is 10.9. The van der Waals surface area contributed by atoms with Crippen molar-refractivity contribution in [1.82, 2.24) is 0 Å². The molecule has 1 N–H and O–H groups in total. The van der Waals surface area contributed by atoms with Crippen molar-refractivity contribution < 1.29 is 28.6 Å². The van der Waals surface area contributed by atoms with Gasteiger partial charge in [-0.25, -0.2) is 14.0 Å². The molecule has 0 spiro atoms. The molecule has 0 aliphatic heterocycles. The van der Waals surface area contributed by atoms with Crippen molar-refractivity contribution in [2.75, 3.05) is 0 Å². The van der Waals surface area contributed by atoms with Crippen LogP contribution in [0.1, 0.15) is 100 Å². The summed E-state index contributed by atoms with van der Waals surface area (Å²) in [4.78, 5) is 22.5. The summed E-state index contributed by atoms with van der Waals surface area (Å²) >= 11 is 0. The number of hydrogen-bond acceptors (Lipinski definition) is 5. The quantitative estimate of drug-likeness (QED) is 0.404. The smallest absolute Gasteiger partial charge is 0.330 e. The first-order valence-corrected chi connectivity index (χ1v) is 10.8. The molecule has 2 aliphatic carbocycles. The van der Waals surface area contributed by atoms with E-state index >= 15 is 0 Å². The predicted octanol–water partition coefficient (Wildman–Crippen LogP) is 5.99. The van der Waals surface area contributed by atoms with Crippen molar-refractivity contribution in [3.8, 4) is 0 Å². The highest BCUT2D eigenvalue weighted by molar-refractivity contribution is 5.82. The van der Waals surface area contributed by atoms with E-state index in [9.17, 15) is 19.1 Å². The zero-order valence-electron chi connectivity index (χ0n) is 19.4. The summed E-state index contributed by atoms with van der Waals surface area (Å²) in [6, 6.07) is 0. The van der Waals surface area contributed by atoms with Crippen LogP contribution < -0.4 is 0 Å². The van der Waals surface area contributed by atoms with Gasteiger partial charge in [0.05, 0.1) is 5.60 Å². The fourth-order valence-electron chi connectivity index (χ4n) is 2.97. The van der Waals surface area contributed by atoms with E-state index in [1.165, 1.54) is 12.2 Å². The van der Waals surface area contributed by atoms with E-state index in [1.807, 2.05) is 20.8 Å². The van der Waals surface area contributed by atoms with Crippen LogP contribution in [-0.2, 0) is 19.1 Å². The van der Waals surface area contributed by atoms with E-state index in [0.29, 0.717) is 25.7 Å². The minimum Gasteiger partial charge on any atom is -0.457 e. The fourth-order valence-corrected chi connectivity index (χ4v) is 2.97. The highest BCUT2D eigenvalue weighted by Crippen LogP contribution is 2.39. The Morgan fingerprint density at radius 3 is 1.52 bits per heavy atom. The first-order chi connectivity index (χ1) is 13.6. The fraction of sp³-hybridized carbons (Fsp3) is 0.760. The summed E-state index contributed by atoms with van der Waals surface area (Å²) < 4.78 is 23.6. The lowest BCUT2D eigenvalue weighted by molar-refractivity contribution is -0.149. The monoisotopic (exact) mass is 442 g/mol. The van der Waals surface area contributed by atoms with Crippen LogP contribution in [0.25, 0.3) is 0 Å². The second-order valence-electron chi connectivity index (χ2n) is 10.4. The van der Waals surface area contributed by atoms with Crippen molar-refractivity contribution in [2.24, 2.45) is 0 Å². The van der Waals surface area contributed by atoms with E-state index < -0.39 is 28.4 Å². The minimum absolute atomic E-state index is 0. The average molecular weight is 443 g/mol. The number of halogens is 1. The summed E-state index contributed by atoms with van der Waals surface area (Å²) in [5.41, 5.74) is -2.54. The van der Waals surface area contributed by atoms with E-state index in [1.54, 1.807) is 32.9 Å². The number of carbonyl (C=O) groups is 2. The van der Waals surface area contributed by atoms with Crippen LogP contribution in [0, 0.1) is 0 Å². The van der Waals surface area contributed by atoms with Crippen molar-refractivity contribution in [3.05, 3.63) is 24.3 Å². The van der Waals surface area contributed by atoms with Crippen LogP contribution in [0.2, 0.25) is 0 Å². The average Bonchev–Trinajstić information content (AvgIpc) is 2.48. The molecule has 5 nitrogen and oxygen atoms in total. The SMILES string of the molecule is C.CC(C)(C)OC(=O)/C=C/CC1(F)CCC1.CC(C)(C)OC(=O)/C=C/CC1(O)CCC1. The Morgan fingerprint density at radius 2 is 1.23 bits per heavy atom. The van der Waals surface area contributed by atoms with Crippen LogP contribution in [0.5, 0.6) is 0 Å². The van der Waals surface area contributed by atoms with Gasteiger partial charge in [-0.1, -0.05) is 19.6 Å². The van der Waals surface area contributed by atoms with Gasteiger partial charge >= 0.3 is 11.9 Å². The number of alkyl halides is 1. The maximum Gasteiger partial charge on any atom is 0.330 e. The molecule has 0 amide bonds. The van der Waals surface area contributed by atoms with Crippen molar-refractivity contribution in [1.29, 1.82) is 0 Å². The van der Waals surface area contributed by atoms with Gasteiger partial charge < -0.3 is 14.6 Å². The lowest BCUT2D eigenvalue weighted by Crippen LogP contribution is -2.35. The number of hydrogen-bond donors (Lipinski definition) is 1. The molecule has 0 saturated heterocycles. The molecule has 0 aromatic heterocycles. The maximum atomic E-state index is 13.5. The molecule has 0 heterocycles. The molecule has 2 saturated carbocycles. The summed E-state index contributed by atoms with van der Waals surface area (Å²) in [6.07, 6.45) is 11.8. The lowest BCUT2D eigenvalue weighted by atomic mass is 9.78. The number of aliphatic hydroxyl groups is 1. The van der Waals surface area contributed by atoms with Gasteiger partial charge in [0.1, 0.15) is 16.9 Å². The summed E-state index contributed by atoms with van der Waals surface area (Å²) in [5.74, 6) is -0.740. The zero-order chi connectivity index (χ0) is 23.1. The van der Waals surface area contributed by atoms with E-state index in [-0.39, 0.29) is 13.4 Å². The van der Waals surface area contributed by atoms with Gasteiger partial charge in [0, 0.05) is 12.2 Å². The third-order valence-corrected chi connectivity index (χ3v) is 4.84. The Kier molecular flexibility index (Phi) is 11.2. The van der Waals surface area contributed by atoms with Gasteiger partial charge in [0.2, 0.25) is 0 Å². The molecule has 0 aromatic carbocycles. The van der Waals surface area contributed by atoms with Crippen molar-refractivity contribution in [2.45, 2.75) is 123 Å². The molecule has 0 radical (unpaired) electrons. The maximum absolute atomic E-state index is 13.5. The molecule has 6 heteroatoms. The standard InChI is InChI=1S/C12H19FO2.C12H20O3.CH4/c1-11(2,3)15-10(14)6-4-7-12(13)8-5-9-12;1-11(2,3)15-10(13)6-4-7-12(14)8-5-9-12;/h4,6H,5,7-9H2,1-3H3;4,6,14H,5,7-9H2,1-3H3;1H4/b2*6-4+;. The zero-order valence-corrected chi connectivity index (χ0v) is 19.4. The Balaban J connectivity index is 0.000000562. The van der Waals surface area contributed by atoms with Gasteiger partial charge in [-0.15, -0.1) is 0 Å². The van der Waals surface area contributed by atoms with Crippen LogP contribution in [0.3, 0.4) is 0 Å². The normalized spacial score (nSPS) is 19.4. The minimum atomic E-state index is -1.06. The Labute approximate surface area is 188 Å². The van der Waals surface area contributed by atoms with Gasteiger partial charge in [-0.05, 0) is 92.9 Å². The first-order valence-electron chi connectivity index (χ1n) is 10.8. The van der Waals surface area contributed by atoms with Crippen LogP contribution in [-0.4, -0.2) is 39.5 Å². The van der Waals surface area contributed by atoms with Gasteiger partial charge in [0.25, 0.3) is 0 Å². The second kappa shape index (κ2) is 11.8. The molecule has 31 heavy (non-hydrogen) atoms. The second-order valence-corrected chi connectivity index (χ2v) is 10.4. The third kappa shape index (κ3) is 13.4. The molecule has 0 bridgehead atoms. The van der Waals surface area contributed by atoms with Crippen LogP contribution in [0.15, 0.2) is 24.3 Å². The topological polar surface area (TPSA) is 72.8 Å². The van der Waals surface area contributed by atoms with Crippen molar-refractivity contribution >= 4 is 11.9 Å². The Bertz CT molecular complexity index is 573. The Hall–Kier alpha value is -1.69. The molecular formula is C25H43FO5. The number of esters is 2. The van der Waals surface area contributed by atoms with Gasteiger partial charge in [-0.3, -0.25) is 0 Å². The van der Waals surface area contributed by atoms with E-state index in [4.69, 9.17) is 9.47 Å². The molecular weight excluding hydrogens is 399 g/mol. The number of ether oxygens (including phenoxy) is 2. The highest BCUT2D eigenvalue weighted by atomic mass is 19.1. The third-order valence-electron chi connectivity index (χ3n) is 4.84. The highest BCUT2D eigenvalue weighted by Gasteiger charge is 2.35. The Morgan fingerprint density at radius 1 is 0.839 bits per heavy atom. The summed E-state index contributed by atoms with van der Waals surface area (Å²) in [5, 5.41) is 9.75. The van der Waals surface area contributed by atoms with Gasteiger partial charge in [-0.2, -0.15) is 0 Å². The van der Waals surface area contributed by atoms with Crippen molar-refractivity contribution in [3.63, 3.8) is 0 Å². The molecule has 2 fully saturated rings.